The van der Waals surface area contributed by atoms with Gasteiger partial charge in [-0.25, -0.2) is 13.6 Å². The molecule has 0 saturated heterocycles. The second-order valence-corrected chi connectivity index (χ2v) is 5.76. The van der Waals surface area contributed by atoms with Gasteiger partial charge in [0.1, 0.15) is 0 Å². The largest absolute Gasteiger partial charge is 0.394 e. The molecular formula is C13H24F2N2O2. The molecule has 0 unspecified atom stereocenters. The number of halogens is 2. The fourth-order valence-corrected chi connectivity index (χ4v) is 2.35. The minimum atomic E-state index is -2.58. The summed E-state index contributed by atoms with van der Waals surface area (Å²) >= 11 is 0. The lowest BCUT2D eigenvalue weighted by Gasteiger charge is -2.29. The van der Waals surface area contributed by atoms with E-state index in [1.54, 1.807) is 0 Å². The fourth-order valence-electron chi connectivity index (χ4n) is 2.35. The first kappa shape index (κ1) is 16.1. The lowest BCUT2D eigenvalue weighted by Crippen LogP contribution is -2.49. The Labute approximate surface area is 112 Å². The molecule has 0 aromatic rings. The average Bonchev–Trinajstić information content (AvgIpc) is 2.30. The van der Waals surface area contributed by atoms with Crippen LogP contribution in [0.2, 0.25) is 0 Å². The number of carbonyl (C=O) groups excluding carboxylic acids is 1. The Hall–Kier alpha value is -0.910. The molecule has 0 bridgehead atoms. The minimum absolute atomic E-state index is 0.117. The second kappa shape index (κ2) is 7.03. The van der Waals surface area contributed by atoms with E-state index >= 15 is 0 Å². The lowest BCUT2D eigenvalue weighted by atomic mass is 9.92. The number of hydrogen-bond acceptors (Lipinski definition) is 2. The molecule has 4 nitrogen and oxygen atoms in total. The number of hydrogen-bond donors (Lipinski definition) is 3. The third-order valence-electron chi connectivity index (χ3n) is 3.36. The fraction of sp³-hybridized carbons (Fsp3) is 0.923. The van der Waals surface area contributed by atoms with Crippen LogP contribution in [-0.4, -0.2) is 35.8 Å². The van der Waals surface area contributed by atoms with Crippen LogP contribution < -0.4 is 10.6 Å². The third-order valence-corrected chi connectivity index (χ3v) is 3.36. The molecule has 112 valence electrons. The summed E-state index contributed by atoms with van der Waals surface area (Å²) in [4.78, 5) is 11.7. The molecule has 0 heterocycles. The standard InChI is InChI=1S/C13H24F2N2O2/c1-9(2)7-11(8-18)17-12(19)16-10-3-5-13(14,15)6-4-10/h9-11,18H,3-8H2,1-2H3,(H2,16,17,19)/t11-/m0/s1. The van der Waals surface area contributed by atoms with Crippen LogP contribution in [0.15, 0.2) is 0 Å². The number of urea groups is 1. The van der Waals surface area contributed by atoms with Crippen LogP contribution in [0.25, 0.3) is 0 Å². The van der Waals surface area contributed by atoms with Gasteiger partial charge in [0, 0.05) is 18.9 Å². The Morgan fingerprint density at radius 1 is 1.37 bits per heavy atom. The molecule has 1 fully saturated rings. The van der Waals surface area contributed by atoms with Crippen molar-refractivity contribution in [3.63, 3.8) is 0 Å². The van der Waals surface area contributed by atoms with Crippen molar-refractivity contribution in [1.29, 1.82) is 0 Å². The summed E-state index contributed by atoms with van der Waals surface area (Å²) in [6.07, 6.45) is 0.941. The van der Waals surface area contributed by atoms with Crippen molar-refractivity contribution in [2.24, 2.45) is 5.92 Å². The van der Waals surface area contributed by atoms with Gasteiger partial charge in [-0.3, -0.25) is 0 Å². The van der Waals surface area contributed by atoms with E-state index in [2.05, 4.69) is 10.6 Å². The highest BCUT2D eigenvalue weighted by molar-refractivity contribution is 5.74. The maximum Gasteiger partial charge on any atom is 0.315 e. The highest BCUT2D eigenvalue weighted by Gasteiger charge is 2.35. The highest BCUT2D eigenvalue weighted by atomic mass is 19.3. The van der Waals surface area contributed by atoms with E-state index in [9.17, 15) is 13.6 Å². The molecule has 1 aliphatic rings. The molecule has 1 aliphatic carbocycles. The summed E-state index contributed by atoms with van der Waals surface area (Å²) in [6, 6.07) is -0.863. The number of alkyl halides is 2. The quantitative estimate of drug-likeness (QED) is 0.722. The monoisotopic (exact) mass is 278 g/mol. The summed E-state index contributed by atoms with van der Waals surface area (Å²) in [6.45, 7) is 3.89. The zero-order valence-electron chi connectivity index (χ0n) is 11.6. The molecule has 1 rings (SSSR count). The van der Waals surface area contributed by atoms with Crippen molar-refractivity contribution < 1.29 is 18.7 Å². The lowest BCUT2D eigenvalue weighted by molar-refractivity contribution is -0.0395. The van der Waals surface area contributed by atoms with Crippen LogP contribution in [0.1, 0.15) is 46.0 Å². The summed E-state index contributed by atoms with van der Waals surface area (Å²) in [5.74, 6) is -2.22. The Kier molecular flexibility index (Phi) is 5.97. The van der Waals surface area contributed by atoms with Crippen LogP contribution >= 0.6 is 0 Å². The van der Waals surface area contributed by atoms with Gasteiger partial charge in [0.05, 0.1) is 12.6 Å². The predicted molar refractivity (Wildman–Crippen MR) is 69.2 cm³/mol. The van der Waals surface area contributed by atoms with Gasteiger partial charge in [0.15, 0.2) is 0 Å². The molecule has 0 spiro atoms. The molecule has 1 saturated carbocycles. The SMILES string of the molecule is CC(C)C[C@@H](CO)NC(=O)NC1CCC(F)(F)CC1. The normalized spacial score (nSPS) is 21.2. The molecule has 3 N–H and O–H groups in total. The molecule has 1 atom stereocenters. The van der Waals surface area contributed by atoms with Gasteiger partial charge in [-0.05, 0) is 25.2 Å². The summed E-state index contributed by atoms with van der Waals surface area (Å²) in [5, 5.41) is 14.5. The third kappa shape index (κ3) is 6.18. The van der Waals surface area contributed by atoms with E-state index in [4.69, 9.17) is 5.11 Å². The van der Waals surface area contributed by atoms with Gasteiger partial charge in [-0.15, -0.1) is 0 Å². The highest BCUT2D eigenvalue weighted by Crippen LogP contribution is 2.32. The zero-order valence-corrected chi connectivity index (χ0v) is 11.6. The first-order chi connectivity index (χ1) is 8.82. The van der Waals surface area contributed by atoms with Crippen LogP contribution in [0.4, 0.5) is 13.6 Å². The summed E-state index contributed by atoms with van der Waals surface area (Å²) in [5.41, 5.74) is 0. The smallest absolute Gasteiger partial charge is 0.315 e. The molecule has 0 aromatic carbocycles. The molecule has 0 aliphatic heterocycles. The molecule has 0 radical (unpaired) electrons. The van der Waals surface area contributed by atoms with E-state index in [-0.39, 0.29) is 37.6 Å². The van der Waals surface area contributed by atoms with Crippen LogP contribution in [-0.2, 0) is 0 Å². The Morgan fingerprint density at radius 2 is 1.95 bits per heavy atom. The van der Waals surface area contributed by atoms with Crippen molar-refractivity contribution in [2.75, 3.05) is 6.61 Å². The first-order valence-corrected chi connectivity index (χ1v) is 6.88. The maximum atomic E-state index is 13.0. The first-order valence-electron chi connectivity index (χ1n) is 6.88. The van der Waals surface area contributed by atoms with Crippen molar-refractivity contribution in [3.05, 3.63) is 0 Å². The summed E-state index contributed by atoms with van der Waals surface area (Å²) < 4.78 is 25.9. The zero-order chi connectivity index (χ0) is 14.5. The van der Waals surface area contributed by atoms with Crippen LogP contribution in [0, 0.1) is 5.92 Å². The number of carbonyl (C=O) groups is 1. The predicted octanol–water partition coefficient (Wildman–Crippen LogP) is 2.27. The average molecular weight is 278 g/mol. The van der Waals surface area contributed by atoms with E-state index in [0.717, 1.165) is 0 Å². The number of rotatable bonds is 5. The van der Waals surface area contributed by atoms with E-state index < -0.39 is 5.92 Å². The topological polar surface area (TPSA) is 61.4 Å². The van der Waals surface area contributed by atoms with Crippen molar-refractivity contribution in [1.82, 2.24) is 10.6 Å². The molecule has 2 amide bonds. The van der Waals surface area contributed by atoms with Crippen LogP contribution in [0.3, 0.4) is 0 Å². The van der Waals surface area contributed by atoms with Gasteiger partial charge in [0.25, 0.3) is 0 Å². The Morgan fingerprint density at radius 3 is 2.42 bits per heavy atom. The number of aliphatic hydroxyl groups excluding tert-OH is 1. The Balaban J connectivity index is 2.31. The number of amides is 2. The van der Waals surface area contributed by atoms with Gasteiger partial charge in [0.2, 0.25) is 5.92 Å². The number of nitrogens with one attached hydrogen (secondary N) is 2. The molecular weight excluding hydrogens is 254 g/mol. The van der Waals surface area contributed by atoms with E-state index in [0.29, 0.717) is 25.2 Å². The van der Waals surface area contributed by atoms with Gasteiger partial charge < -0.3 is 15.7 Å². The molecule has 19 heavy (non-hydrogen) atoms. The van der Waals surface area contributed by atoms with E-state index in [1.165, 1.54) is 0 Å². The van der Waals surface area contributed by atoms with Gasteiger partial charge in [-0.1, -0.05) is 13.8 Å². The maximum absolute atomic E-state index is 13.0. The van der Waals surface area contributed by atoms with Crippen molar-refractivity contribution in [2.45, 2.75) is 64.0 Å². The van der Waals surface area contributed by atoms with Gasteiger partial charge in [-0.2, -0.15) is 0 Å². The summed E-state index contributed by atoms with van der Waals surface area (Å²) in [7, 11) is 0. The minimum Gasteiger partial charge on any atom is -0.394 e. The van der Waals surface area contributed by atoms with Crippen molar-refractivity contribution in [3.8, 4) is 0 Å². The molecule has 0 aromatic heterocycles. The second-order valence-electron chi connectivity index (χ2n) is 5.76. The Bertz CT molecular complexity index is 288. The van der Waals surface area contributed by atoms with E-state index in [1.807, 2.05) is 13.8 Å². The van der Waals surface area contributed by atoms with Gasteiger partial charge >= 0.3 is 6.03 Å². The molecule has 6 heteroatoms. The van der Waals surface area contributed by atoms with Crippen molar-refractivity contribution >= 4 is 6.03 Å². The number of aliphatic hydroxyl groups is 1. The van der Waals surface area contributed by atoms with Crippen LogP contribution in [0.5, 0.6) is 0 Å².